The molecule has 1 aliphatic heterocycles. The molecule has 29 heavy (non-hydrogen) atoms. The number of fused-ring (bicyclic) bond motifs is 1. The van der Waals surface area contributed by atoms with E-state index in [1.165, 1.54) is 38.4 Å². The second-order valence-corrected chi connectivity index (χ2v) is 11.1. The van der Waals surface area contributed by atoms with Gasteiger partial charge in [-0.2, -0.15) is 0 Å². The Labute approximate surface area is 174 Å². The van der Waals surface area contributed by atoms with Crippen LogP contribution in [-0.2, 0) is 21.2 Å². The van der Waals surface area contributed by atoms with Crippen LogP contribution in [0.15, 0.2) is 16.9 Å². The van der Waals surface area contributed by atoms with Crippen LogP contribution in [0.3, 0.4) is 0 Å². The zero-order chi connectivity index (χ0) is 20.6. The predicted molar refractivity (Wildman–Crippen MR) is 114 cm³/mol. The van der Waals surface area contributed by atoms with E-state index in [9.17, 15) is 13.2 Å². The van der Waals surface area contributed by atoms with E-state index in [4.69, 9.17) is 4.74 Å². The minimum atomic E-state index is -3.36. The Balaban J connectivity index is 1.47. The van der Waals surface area contributed by atoms with Crippen molar-refractivity contribution in [2.24, 2.45) is 11.8 Å². The molecule has 1 N–H and O–H groups in total. The maximum atomic E-state index is 12.9. The van der Waals surface area contributed by atoms with Gasteiger partial charge in [-0.05, 0) is 63.4 Å². The normalized spacial score (nSPS) is 30.6. The van der Waals surface area contributed by atoms with E-state index < -0.39 is 10.0 Å². The van der Waals surface area contributed by atoms with Gasteiger partial charge in [-0.3, -0.25) is 4.79 Å². The summed E-state index contributed by atoms with van der Waals surface area (Å²) in [4.78, 5) is 12.9. The number of ether oxygens (including phenoxy) is 1. The van der Waals surface area contributed by atoms with E-state index in [-0.39, 0.29) is 23.7 Å². The molecule has 2 aliphatic carbocycles. The molecule has 2 heterocycles. The van der Waals surface area contributed by atoms with E-state index in [1.54, 1.807) is 4.57 Å². The molecular formula is C22H34N2O4S. The molecule has 162 valence electrons. The number of nitrogens with one attached hydrogen (secondary N) is 1. The number of rotatable bonds is 6. The van der Waals surface area contributed by atoms with Crippen molar-refractivity contribution in [3.8, 4) is 0 Å². The third-order valence-electron chi connectivity index (χ3n) is 7.30. The van der Waals surface area contributed by atoms with Gasteiger partial charge in [0, 0.05) is 17.3 Å². The molecule has 2 atom stereocenters. The molecule has 4 rings (SSSR count). The van der Waals surface area contributed by atoms with Crippen LogP contribution >= 0.6 is 0 Å². The molecule has 0 saturated heterocycles. The zero-order valence-corrected chi connectivity index (χ0v) is 18.4. The zero-order valence-electron chi connectivity index (χ0n) is 17.6. The molecule has 0 bridgehead atoms. The molecule has 0 radical (unpaired) electrons. The summed E-state index contributed by atoms with van der Waals surface area (Å²) in [5, 5.41) is 0. The van der Waals surface area contributed by atoms with Gasteiger partial charge >= 0.3 is 0 Å². The summed E-state index contributed by atoms with van der Waals surface area (Å²) in [6.45, 7) is 2.19. The standard InChI is InChI=1S/C22H34N2O4S/c1-15-6-9-18-10-13-20(23-29(2,26)27)21(24(18)22(15)25)14-28-19-11-7-17(8-12-19)16-4-3-5-16/h6,9,16-17,19-21,23H,3-5,7-8,10-14H2,1-2H3/t17?,19?,20-,21-/m0/s1. The fourth-order valence-corrected chi connectivity index (χ4v) is 6.24. The Bertz CT molecular complexity index is 883. The van der Waals surface area contributed by atoms with Crippen LogP contribution < -0.4 is 10.3 Å². The Kier molecular flexibility index (Phi) is 6.19. The first-order valence-corrected chi connectivity index (χ1v) is 13.0. The predicted octanol–water partition coefficient (Wildman–Crippen LogP) is 2.94. The number of sulfonamides is 1. The number of aryl methyl sites for hydroxylation is 2. The fourth-order valence-electron chi connectivity index (χ4n) is 5.41. The first-order chi connectivity index (χ1) is 13.8. The second kappa shape index (κ2) is 8.52. The minimum Gasteiger partial charge on any atom is -0.376 e. The lowest BCUT2D eigenvalue weighted by molar-refractivity contribution is -0.0162. The first kappa shape index (κ1) is 21.1. The van der Waals surface area contributed by atoms with Crippen molar-refractivity contribution in [1.82, 2.24) is 9.29 Å². The first-order valence-electron chi connectivity index (χ1n) is 11.1. The Morgan fingerprint density at radius 3 is 2.38 bits per heavy atom. The van der Waals surface area contributed by atoms with E-state index in [0.717, 1.165) is 30.4 Å². The summed E-state index contributed by atoms with van der Waals surface area (Å²) in [7, 11) is -3.36. The molecule has 2 fully saturated rings. The number of aromatic nitrogens is 1. The van der Waals surface area contributed by atoms with Gasteiger partial charge < -0.3 is 9.30 Å². The van der Waals surface area contributed by atoms with Crippen molar-refractivity contribution < 1.29 is 13.2 Å². The van der Waals surface area contributed by atoms with Gasteiger partial charge in [-0.1, -0.05) is 25.3 Å². The number of nitrogens with zero attached hydrogens (tertiary/aromatic N) is 1. The van der Waals surface area contributed by atoms with Crippen LogP contribution in [0.4, 0.5) is 0 Å². The van der Waals surface area contributed by atoms with E-state index in [2.05, 4.69) is 4.72 Å². The highest BCUT2D eigenvalue weighted by atomic mass is 32.2. The van der Waals surface area contributed by atoms with Crippen molar-refractivity contribution in [1.29, 1.82) is 0 Å². The summed E-state index contributed by atoms with van der Waals surface area (Å²) >= 11 is 0. The molecule has 0 unspecified atom stereocenters. The van der Waals surface area contributed by atoms with Crippen LogP contribution in [0.25, 0.3) is 0 Å². The lowest BCUT2D eigenvalue weighted by Gasteiger charge is -2.39. The van der Waals surface area contributed by atoms with E-state index >= 15 is 0 Å². The summed E-state index contributed by atoms with van der Waals surface area (Å²) in [5.41, 5.74) is 1.61. The summed E-state index contributed by atoms with van der Waals surface area (Å²) < 4.78 is 34.7. The topological polar surface area (TPSA) is 77.4 Å². The summed E-state index contributed by atoms with van der Waals surface area (Å²) in [6.07, 6.45) is 11.6. The maximum Gasteiger partial charge on any atom is 0.254 e. The molecule has 1 aromatic heterocycles. The highest BCUT2D eigenvalue weighted by Crippen LogP contribution is 2.41. The molecule has 0 amide bonds. The van der Waals surface area contributed by atoms with Gasteiger partial charge in [0.1, 0.15) is 0 Å². The van der Waals surface area contributed by atoms with Crippen LogP contribution in [0, 0.1) is 18.8 Å². The maximum absolute atomic E-state index is 12.9. The average Bonchev–Trinajstić information content (AvgIpc) is 2.62. The van der Waals surface area contributed by atoms with E-state index in [0.29, 0.717) is 25.0 Å². The Morgan fingerprint density at radius 1 is 1.07 bits per heavy atom. The van der Waals surface area contributed by atoms with E-state index in [1.807, 2.05) is 19.1 Å². The van der Waals surface area contributed by atoms with Crippen molar-refractivity contribution in [2.45, 2.75) is 82.9 Å². The quantitative estimate of drug-likeness (QED) is 0.765. The molecule has 1 aromatic rings. The largest absolute Gasteiger partial charge is 0.376 e. The van der Waals surface area contributed by atoms with Crippen LogP contribution in [0.5, 0.6) is 0 Å². The smallest absolute Gasteiger partial charge is 0.254 e. The third-order valence-corrected chi connectivity index (χ3v) is 8.03. The SMILES string of the molecule is Cc1ccc2n(c1=O)[C@@H](COC1CCC(C3CCC3)CC1)[C@@H](NS(C)(=O)=O)CC2. The highest BCUT2D eigenvalue weighted by Gasteiger charge is 2.35. The van der Waals surface area contributed by atoms with Crippen LogP contribution in [0.1, 0.15) is 68.7 Å². The van der Waals surface area contributed by atoms with Crippen molar-refractivity contribution in [3.63, 3.8) is 0 Å². The molecule has 0 aromatic carbocycles. The number of hydrogen-bond donors (Lipinski definition) is 1. The average molecular weight is 423 g/mol. The third kappa shape index (κ3) is 4.78. The molecule has 3 aliphatic rings. The van der Waals surface area contributed by atoms with Crippen molar-refractivity contribution >= 4 is 10.0 Å². The molecular weight excluding hydrogens is 388 g/mol. The number of pyridine rings is 1. The van der Waals surface area contributed by atoms with Gasteiger partial charge in [0.05, 0.1) is 25.0 Å². The van der Waals surface area contributed by atoms with Crippen molar-refractivity contribution in [3.05, 3.63) is 33.7 Å². The Morgan fingerprint density at radius 2 is 1.76 bits per heavy atom. The van der Waals surface area contributed by atoms with Gasteiger partial charge in [-0.15, -0.1) is 0 Å². The Hall–Kier alpha value is -1.18. The monoisotopic (exact) mass is 422 g/mol. The second-order valence-electron chi connectivity index (χ2n) is 9.35. The molecule has 0 spiro atoms. The minimum absolute atomic E-state index is 0.0372. The molecule has 2 saturated carbocycles. The molecule has 7 heteroatoms. The number of hydrogen-bond acceptors (Lipinski definition) is 4. The lowest BCUT2D eigenvalue weighted by atomic mass is 9.70. The van der Waals surface area contributed by atoms with Gasteiger partial charge in [0.2, 0.25) is 10.0 Å². The summed E-state index contributed by atoms with van der Waals surface area (Å²) in [5.74, 6) is 1.80. The van der Waals surface area contributed by atoms with Gasteiger partial charge in [-0.25, -0.2) is 13.1 Å². The fraction of sp³-hybridized carbons (Fsp3) is 0.773. The van der Waals surface area contributed by atoms with Gasteiger partial charge in [0.25, 0.3) is 5.56 Å². The van der Waals surface area contributed by atoms with Crippen LogP contribution in [-0.4, -0.2) is 38.0 Å². The summed E-state index contributed by atoms with van der Waals surface area (Å²) in [6, 6.07) is 3.23. The highest BCUT2D eigenvalue weighted by molar-refractivity contribution is 7.88. The van der Waals surface area contributed by atoms with Crippen LogP contribution in [0.2, 0.25) is 0 Å². The van der Waals surface area contributed by atoms with Gasteiger partial charge in [0.15, 0.2) is 0 Å². The molecule has 6 nitrogen and oxygen atoms in total. The van der Waals surface area contributed by atoms with Crippen molar-refractivity contribution in [2.75, 3.05) is 12.9 Å². The lowest BCUT2D eigenvalue weighted by Crippen LogP contribution is -2.49.